The van der Waals surface area contributed by atoms with E-state index in [9.17, 15) is 0 Å². The molecule has 0 aliphatic rings. The lowest BCUT2D eigenvalue weighted by atomic mass is 10.2. The lowest BCUT2D eigenvalue weighted by Gasteiger charge is -2.22. The van der Waals surface area contributed by atoms with Gasteiger partial charge in [-0.15, -0.1) is 0 Å². The lowest BCUT2D eigenvalue weighted by Crippen LogP contribution is -2.29. The maximum atomic E-state index is 8.89. The summed E-state index contributed by atoms with van der Waals surface area (Å²) in [6.45, 7) is 1.63. The summed E-state index contributed by atoms with van der Waals surface area (Å²) in [4.78, 5) is 6.04. The first-order valence-corrected chi connectivity index (χ1v) is 5.77. The summed E-state index contributed by atoms with van der Waals surface area (Å²) in [5.41, 5.74) is 0.448. The number of rotatable bonds is 6. The van der Waals surface area contributed by atoms with E-state index < -0.39 is 0 Å². The van der Waals surface area contributed by atoms with Gasteiger partial charge in [-0.25, -0.2) is 4.98 Å². The number of methoxy groups -OCH3 is 1. The maximum Gasteiger partial charge on any atom is 0.132 e. The summed E-state index contributed by atoms with van der Waals surface area (Å²) >= 11 is 5.86. The van der Waals surface area contributed by atoms with Crippen LogP contribution in [0.2, 0.25) is 5.15 Å². The van der Waals surface area contributed by atoms with Gasteiger partial charge in [0, 0.05) is 20.2 Å². The smallest absolute Gasteiger partial charge is 0.132 e. The Balaban J connectivity index is 2.93. The van der Waals surface area contributed by atoms with Gasteiger partial charge in [0.15, 0.2) is 0 Å². The molecule has 0 amide bonds. The quantitative estimate of drug-likeness (QED) is 0.735. The molecule has 0 N–H and O–H groups in total. The van der Waals surface area contributed by atoms with Crippen LogP contribution in [0, 0.1) is 22.7 Å². The first-order chi connectivity index (χ1) is 8.71. The van der Waals surface area contributed by atoms with E-state index in [2.05, 4.69) is 11.1 Å². The summed E-state index contributed by atoms with van der Waals surface area (Å²) < 4.78 is 5.01. The minimum Gasteiger partial charge on any atom is -0.383 e. The lowest BCUT2D eigenvalue weighted by molar-refractivity contribution is 0.205. The highest BCUT2D eigenvalue weighted by Gasteiger charge is 2.10. The fourth-order valence-corrected chi connectivity index (χ4v) is 1.64. The first-order valence-electron chi connectivity index (χ1n) is 5.39. The van der Waals surface area contributed by atoms with Gasteiger partial charge < -0.3 is 9.64 Å². The van der Waals surface area contributed by atoms with Crippen molar-refractivity contribution in [2.75, 3.05) is 31.7 Å². The molecule has 0 bridgehead atoms. The Labute approximate surface area is 111 Å². The van der Waals surface area contributed by atoms with Crippen LogP contribution in [0.1, 0.15) is 12.0 Å². The Morgan fingerprint density at radius 2 is 2.17 bits per heavy atom. The first kappa shape index (κ1) is 14.2. The minimum atomic E-state index is 0.267. The van der Waals surface area contributed by atoms with Crippen LogP contribution in [0.4, 0.5) is 5.82 Å². The van der Waals surface area contributed by atoms with Gasteiger partial charge in [-0.2, -0.15) is 10.5 Å². The normalized spacial score (nSPS) is 9.56. The number of aromatic nitrogens is 1. The number of pyridine rings is 1. The van der Waals surface area contributed by atoms with E-state index in [-0.39, 0.29) is 5.15 Å². The highest BCUT2D eigenvalue weighted by atomic mass is 35.5. The van der Waals surface area contributed by atoms with E-state index in [1.165, 1.54) is 6.07 Å². The Morgan fingerprint density at radius 1 is 1.39 bits per heavy atom. The van der Waals surface area contributed by atoms with Crippen LogP contribution in [-0.4, -0.2) is 31.8 Å². The van der Waals surface area contributed by atoms with Crippen LogP contribution in [0.25, 0.3) is 0 Å². The molecule has 1 aromatic rings. The van der Waals surface area contributed by atoms with Crippen molar-refractivity contribution < 1.29 is 4.74 Å². The standard InChI is InChI=1S/C12H13ClN4O/c1-18-6-5-17(4-2-3-14)12-8-10(9-15)7-11(13)16-12/h7-8H,2,4-6H2,1H3. The zero-order chi connectivity index (χ0) is 13.4. The molecule has 0 unspecified atom stereocenters. The zero-order valence-corrected chi connectivity index (χ0v) is 10.8. The van der Waals surface area contributed by atoms with Crippen LogP contribution >= 0.6 is 11.6 Å². The van der Waals surface area contributed by atoms with Crippen molar-refractivity contribution in [1.82, 2.24) is 4.98 Å². The molecule has 1 aromatic heterocycles. The molecule has 0 spiro atoms. The summed E-state index contributed by atoms with van der Waals surface area (Å²) in [6.07, 6.45) is 0.375. The molecule has 0 radical (unpaired) electrons. The molecule has 1 heterocycles. The Morgan fingerprint density at radius 3 is 2.78 bits per heavy atom. The zero-order valence-electron chi connectivity index (χ0n) is 10.1. The average Bonchev–Trinajstić information content (AvgIpc) is 2.38. The molecule has 0 saturated carbocycles. The van der Waals surface area contributed by atoms with Gasteiger partial charge in [-0.1, -0.05) is 11.6 Å². The minimum absolute atomic E-state index is 0.267. The van der Waals surface area contributed by atoms with E-state index in [1.807, 2.05) is 11.0 Å². The van der Waals surface area contributed by atoms with Gasteiger partial charge in [0.2, 0.25) is 0 Å². The van der Waals surface area contributed by atoms with Gasteiger partial charge in [0.25, 0.3) is 0 Å². The summed E-state index contributed by atoms with van der Waals surface area (Å²) in [6, 6.07) is 7.26. The predicted octanol–water partition coefficient (Wildman–Crippen LogP) is 1.97. The van der Waals surface area contributed by atoms with Gasteiger partial charge in [-0.3, -0.25) is 0 Å². The molecule has 0 fully saturated rings. The monoisotopic (exact) mass is 264 g/mol. The van der Waals surface area contributed by atoms with E-state index in [1.54, 1.807) is 13.2 Å². The number of nitriles is 2. The molecule has 0 aromatic carbocycles. The average molecular weight is 265 g/mol. The summed E-state index contributed by atoms with van der Waals surface area (Å²) in [5, 5.41) is 17.8. The van der Waals surface area contributed by atoms with Crippen molar-refractivity contribution in [1.29, 1.82) is 10.5 Å². The Bertz CT molecular complexity index is 478. The second-order valence-electron chi connectivity index (χ2n) is 3.54. The van der Waals surface area contributed by atoms with Crippen molar-refractivity contribution in [2.45, 2.75) is 6.42 Å². The molecule has 5 nitrogen and oxygen atoms in total. The molecular weight excluding hydrogens is 252 g/mol. The second kappa shape index (κ2) is 7.50. The van der Waals surface area contributed by atoms with Crippen molar-refractivity contribution >= 4 is 17.4 Å². The van der Waals surface area contributed by atoms with E-state index in [0.29, 0.717) is 37.5 Å². The number of nitrogens with zero attached hydrogens (tertiary/aromatic N) is 4. The van der Waals surface area contributed by atoms with E-state index >= 15 is 0 Å². The van der Waals surface area contributed by atoms with E-state index in [0.717, 1.165) is 0 Å². The number of hydrogen-bond acceptors (Lipinski definition) is 5. The highest BCUT2D eigenvalue weighted by Crippen LogP contribution is 2.18. The van der Waals surface area contributed by atoms with Gasteiger partial charge in [0.1, 0.15) is 11.0 Å². The Kier molecular flexibility index (Phi) is 5.93. The third kappa shape index (κ3) is 4.21. The molecule has 0 saturated heterocycles. The predicted molar refractivity (Wildman–Crippen MR) is 68.3 cm³/mol. The summed E-state index contributed by atoms with van der Waals surface area (Å²) in [7, 11) is 1.61. The van der Waals surface area contributed by atoms with Gasteiger partial charge in [0.05, 0.1) is 30.7 Å². The molecule has 94 valence electrons. The van der Waals surface area contributed by atoms with Crippen molar-refractivity contribution in [3.63, 3.8) is 0 Å². The number of ether oxygens (including phenoxy) is 1. The fourth-order valence-electron chi connectivity index (χ4n) is 1.44. The maximum absolute atomic E-state index is 8.89. The largest absolute Gasteiger partial charge is 0.383 e. The highest BCUT2D eigenvalue weighted by molar-refractivity contribution is 6.29. The van der Waals surface area contributed by atoms with Crippen LogP contribution < -0.4 is 4.90 Å². The molecule has 0 aliphatic heterocycles. The topological polar surface area (TPSA) is 72.9 Å². The number of halogens is 1. The van der Waals surface area contributed by atoms with Crippen LogP contribution in [0.15, 0.2) is 12.1 Å². The van der Waals surface area contributed by atoms with Crippen molar-refractivity contribution in [2.24, 2.45) is 0 Å². The molecule has 1 rings (SSSR count). The molecular formula is C12H13ClN4O. The SMILES string of the molecule is COCCN(CCC#N)c1cc(C#N)cc(Cl)n1. The third-order valence-corrected chi connectivity index (χ3v) is 2.49. The van der Waals surface area contributed by atoms with Crippen molar-refractivity contribution in [3.05, 3.63) is 22.8 Å². The number of hydrogen-bond donors (Lipinski definition) is 0. The van der Waals surface area contributed by atoms with Gasteiger partial charge >= 0.3 is 0 Å². The second-order valence-corrected chi connectivity index (χ2v) is 3.92. The Hall–Kier alpha value is -1.82. The molecule has 0 atom stereocenters. The van der Waals surface area contributed by atoms with Crippen molar-refractivity contribution in [3.8, 4) is 12.1 Å². The van der Waals surface area contributed by atoms with Crippen LogP contribution in [0.5, 0.6) is 0 Å². The van der Waals surface area contributed by atoms with Crippen LogP contribution in [-0.2, 0) is 4.74 Å². The number of anilines is 1. The van der Waals surface area contributed by atoms with E-state index in [4.69, 9.17) is 26.9 Å². The molecule has 6 heteroatoms. The van der Waals surface area contributed by atoms with Crippen LogP contribution in [0.3, 0.4) is 0 Å². The fraction of sp³-hybridized carbons (Fsp3) is 0.417. The molecule has 18 heavy (non-hydrogen) atoms. The molecule has 0 aliphatic carbocycles. The van der Waals surface area contributed by atoms with Gasteiger partial charge in [-0.05, 0) is 12.1 Å². The third-order valence-electron chi connectivity index (χ3n) is 2.29. The summed E-state index contributed by atoms with van der Waals surface area (Å²) in [5.74, 6) is 0.589.